The van der Waals surface area contributed by atoms with Crippen LogP contribution in [0.3, 0.4) is 0 Å². The summed E-state index contributed by atoms with van der Waals surface area (Å²) < 4.78 is 13.7. The van der Waals surface area contributed by atoms with E-state index in [0.29, 0.717) is 33.8 Å². The van der Waals surface area contributed by atoms with Crippen LogP contribution in [-0.4, -0.2) is 56.8 Å². The number of H-pyrrole nitrogens is 1. The van der Waals surface area contributed by atoms with Gasteiger partial charge in [0.25, 0.3) is 11.8 Å². The number of halogens is 1. The average molecular weight is 459 g/mol. The van der Waals surface area contributed by atoms with Crippen LogP contribution < -0.4 is 10.6 Å². The van der Waals surface area contributed by atoms with Crippen molar-refractivity contribution in [1.29, 1.82) is 0 Å². The number of carbonyl (C=O) groups excluding carboxylic acids is 2. The molecule has 2 heterocycles. The lowest BCUT2D eigenvalue weighted by molar-refractivity contribution is -0.139. The summed E-state index contributed by atoms with van der Waals surface area (Å²) in [7, 11) is 0. The molecule has 2 unspecified atom stereocenters. The molecule has 0 bridgehead atoms. The molecule has 33 heavy (non-hydrogen) atoms. The first-order chi connectivity index (χ1) is 15.6. The fraction of sp³-hybridized carbons (Fsp3) is 0.348. The van der Waals surface area contributed by atoms with E-state index in [1.807, 2.05) is 0 Å². The highest BCUT2D eigenvalue weighted by Crippen LogP contribution is 2.34. The number of aromatic nitrogens is 1. The third kappa shape index (κ3) is 5.65. The van der Waals surface area contributed by atoms with Gasteiger partial charge in [-0.05, 0) is 56.5 Å². The van der Waals surface area contributed by atoms with Crippen molar-refractivity contribution in [3.05, 3.63) is 52.1 Å². The molecule has 3 rings (SSSR count). The van der Waals surface area contributed by atoms with Gasteiger partial charge in [-0.15, -0.1) is 0 Å². The van der Waals surface area contributed by atoms with E-state index in [0.717, 1.165) is 0 Å². The molecule has 10 heteroatoms. The third-order valence-electron chi connectivity index (χ3n) is 5.47. The number of carbonyl (C=O) groups is 3. The van der Waals surface area contributed by atoms with Gasteiger partial charge in [-0.3, -0.25) is 14.4 Å². The van der Waals surface area contributed by atoms with E-state index in [-0.39, 0.29) is 36.8 Å². The second kappa shape index (κ2) is 9.97. The molecule has 0 spiro atoms. The molecule has 1 aliphatic heterocycles. The predicted octanol–water partition coefficient (Wildman–Crippen LogP) is 1.97. The molecule has 2 amide bonds. The number of hydrogen-bond donors (Lipinski definition) is 6. The Morgan fingerprint density at radius 2 is 1.94 bits per heavy atom. The van der Waals surface area contributed by atoms with Crippen molar-refractivity contribution in [2.45, 2.75) is 45.3 Å². The molecule has 1 aromatic heterocycles. The number of hydrogen-bond acceptors (Lipinski definition) is 5. The van der Waals surface area contributed by atoms with Crippen LogP contribution in [0, 0.1) is 19.7 Å². The monoisotopic (exact) mass is 459 g/mol. The van der Waals surface area contributed by atoms with Crippen molar-refractivity contribution < 1.29 is 34.1 Å². The Morgan fingerprint density at radius 1 is 1.21 bits per heavy atom. The van der Waals surface area contributed by atoms with E-state index in [4.69, 9.17) is 5.11 Å². The lowest BCUT2D eigenvalue weighted by atomic mass is 10.0. The number of fused-ring (bicyclic) bond motifs is 1. The molecule has 2 atom stereocenters. The van der Waals surface area contributed by atoms with E-state index < -0.39 is 30.4 Å². The number of benzene rings is 1. The molecule has 0 saturated heterocycles. The highest BCUT2D eigenvalue weighted by molar-refractivity contribution is 6.34. The number of amides is 2. The van der Waals surface area contributed by atoms with Gasteiger partial charge in [0.15, 0.2) is 0 Å². The number of rotatable bonds is 9. The van der Waals surface area contributed by atoms with Gasteiger partial charge in [0, 0.05) is 29.2 Å². The Kier molecular flexibility index (Phi) is 7.29. The number of anilines is 1. The van der Waals surface area contributed by atoms with Crippen molar-refractivity contribution in [2.24, 2.45) is 0 Å². The molecule has 6 N–H and O–H groups in total. The van der Waals surface area contributed by atoms with Gasteiger partial charge >= 0.3 is 5.97 Å². The van der Waals surface area contributed by atoms with E-state index in [1.165, 1.54) is 18.2 Å². The molecule has 1 aromatic carbocycles. The van der Waals surface area contributed by atoms with E-state index in [9.17, 15) is 29.0 Å². The van der Waals surface area contributed by atoms with Gasteiger partial charge in [0.1, 0.15) is 5.82 Å². The SMILES string of the molecule is Cc1[nH]c(C=C2C(=O)Nc3ccc(F)cc32)c(C)c1C(=O)NCCC(O)CC(O)CC(=O)O. The molecule has 2 aromatic rings. The predicted molar refractivity (Wildman–Crippen MR) is 119 cm³/mol. The molecule has 0 radical (unpaired) electrons. The van der Waals surface area contributed by atoms with Gasteiger partial charge in [-0.2, -0.15) is 0 Å². The lowest BCUT2D eigenvalue weighted by Gasteiger charge is -2.14. The zero-order valence-corrected chi connectivity index (χ0v) is 18.2. The van der Waals surface area contributed by atoms with Crippen molar-refractivity contribution in [1.82, 2.24) is 10.3 Å². The summed E-state index contributed by atoms with van der Waals surface area (Å²) in [6.45, 7) is 3.56. The molecule has 1 aliphatic rings. The minimum atomic E-state index is -1.16. The normalized spacial score (nSPS) is 15.8. The quantitative estimate of drug-likeness (QED) is 0.316. The summed E-state index contributed by atoms with van der Waals surface area (Å²) in [4.78, 5) is 38.7. The van der Waals surface area contributed by atoms with Gasteiger partial charge in [0.2, 0.25) is 0 Å². The number of aliphatic carboxylic acids is 1. The van der Waals surface area contributed by atoms with E-state index in [1.54, 1.807) is 19.9 Å². The number of nitrogens with one attached hydrogen (secondary N) is 3. The van der Waals surface area contributed by atoms with Gasteiger partial charge in [0.05, 0.1) is 29.8 Å². The van der Waals surface area contributed by atoms with Crippen molar-refractivity contribution in [2.75, 3.05) is 11.9 Å². The maximum absolute atomic E-state index is 13.7. The standard InChI is InChI=1S/C23H26FN3O6/c1-11-19(10-17-16-7-13(24)3-4-18(16)27-22(17)32)26-12(2)21(11)23(33)25-6-5-14(28)8-15(29)9-20(30)31/h3-4,7,10,14-15,26,28-29H,5-6,8-9H2,1-2H3,(H,25,33)(H,27,32)(H,30,31). The minimum Gasteiger partial charge on any atom is -0.481 e. The Bertz CT molecular complexity index is 1120. The second-order valence-electron chi connectivity index (χ2n) is 8.05. The Balaban J connectivity index is 1.68. The van der Waals surface area contributed by atoms with Crippen LogP contribution >= 0.6 is 0 Å². The van der Waals surface area contributed by atoms with Crippen LogP contribution in [0.25, 0.3) is 11.6 Å². The largest absolute Gasteiger partial charge is 0.481 e. The zero-order valence-electron chi connectivity index (χ0n) is 18.2. The summed E-state index contributed by atoms with van der Waals surface area (Å²) >= 11 is 0. The highest BCUT2D eigenvalue weighted by Gasteiger charge is 2.26. The third-order valence-corrected chi connectivity index (χ3v) is 5.47. The van der Waals surface area contributed by atoms with Crippen LogP contribution in [0.15, 0.2) is 18.2 Å². The number of aliphatic hydroxyl groups excluding tert-OH is 2. The molecular weight excluding hydrogens is 433 g/mol. The molecular formula is C23H26FN3O6. The second-order valence-corrected chi connectivity index (χ2v) is 8.05. The summed E-state index contributed by atoms with van der Waals surface area (Å²) in [6.07, 6.45) is -0.971. The first-order valence-corrected chi connectivity index (χ1v) is 10.4. The number of aryl methyl sites for hydroxylation is 1. The molecule has 9 nitrogen and oxygen atoms in total. The van der Waals surface area contributed by atoms with Crippen molar-refractivity contribution in [3.63, 3.8) is 0 Å². The van der Waals surface area contributed by atoms with Crippen LogP contribution in [0.1, 0.15) is 52.1 Å². The lowest BCUT2D eigenvalue weighted by Crippen LogP contribution is -2.29. The number of carboxylic acids is 1. The van der Waals surface area contributed by atoms with E-state index >= 15 is 0 Å². The summed E-state index contributed by atoms with van der Waals surface area (Å²) in [5, 5.41) is 33.5. The smallest absolute Gasteiger partial charge is 0.305 e. The Hall–Kier alpha value is -3.50. The first kappa shape index (κ1) is 24.1. The number of carboxylic acid groups (broad SMARTS) is 1. The first-order valence-electron chi connectivity index (χ1n) is 10.4. The van der Waals surface area contributed by atoms with Crippen LogP contribution in [0.4, 0.5) is 10.1 Å². The Morgan fingerprint density at radius 3 is 2.64 bits per heavy atom. The molecule has 0 fully saturated rings. The minimum absolute atomic E-state index is 0.105. The average Bonchev–Trinajstić information content (AvgIpc) is 3.16. The van der Waals surface area contributed by atoms with Crippen LogP contribution in [0.2, 0.25) is 0 Å². The maximum Gasteiger partial charge on any atom is 0.305 e. The van der Waals surface area contributed by atoms with Gasteiger partial charge in [-0.25, -0.2) is 4.39 Å². The fourth-order valence-corrected chi connectivity index (χ4v) is 3.86. The van der Waals surface area contributed by atoms with Crippen molar-refractivity contribution in [3.8, 4) is 0 Å². The van der Waals surface area contributed by atoms with Gasteiger partial charge < -0.3 is 30.9 Å². The number of aliphatic hydroxyl groups is 2. The topological polar surface area (TPSA) is 152 Å². The Labute approximate surface area is 189 Å². The maximum atomic E-state index is 13.7. The van der Waals surface area contributed by atoms with E-state index in [2.05, 4.69) is 15.6 Å². The van der Waals surface area contributed by atoms with Gasteiger partial charge in [-0.1, -0.05) is 0 Å². The molecule has 0 saturated carbocycles. The highest BCUT2D eigenvalue weighted by atomic mass is 19.1. The number of aromatic amines is 1. The zero-order chi connectivity index (χ0) is 24.3. The summed E-state index contributed by atoms with van der Waals surface area (Å²) in [6, 6.07) is 4.03. The van der Waals surface area contributed by atoms with Crippen molar-refractivity contribution >= 4 is 35.1 Å². The van der Waals surface area contributed by atoms with Crippen LogP contribution in [0.5, 0.6) is 0 Å². The summed E-state index contributed by atoms with van der Waals surface area (Å²) in [5.74, 6) is -2.37. The van der Waals surface area contributed by atoms with Crippen LogP contribution in [-0.2, 0) is 9.59 Å². The fourth-order valence-electron chi connectivity index (χ4n) is 3.86. The molecule has 176 valence electrons. The summed E-state index contributed by atoms with van der Waals surface area (Å²) in [5.41, 5.74) is 3.34. The molecule has 0 aliphatic carbocycles.